The molecule has 3 unspecified atom stereocenters. The van der Waals surface area contributed by atoms with Crippen LogP contribution in [0.1, 0.15) is 38.7 Å². The summed E-state index contributed by atoms with van der Waals surface area (Å²) in [6, 6.07) is 9.56. The van der Waals surface area contributed by atoms with Crippen LogP contribution in [0.15, 0.2) is 30.3 Å². The van der Waals surface area contributed by atoms with Gasteiger partial charge < -0.3 is 14.4 Å². The normalized spacial score (nSPS) is 28.0. The van der Waals surface area contributed by atoms with E-state index in [4.69, 9.17) is 9.47 Å². The fourth-order valence-corrected chi connectivity index (χ4v) is 4.19. The van der Waals surface area contributed by atoms with Crippen LogP contribution in [-0.2, 0) is 20.9 Å². The van der Waals surface area contributed by atoms with Crippen molar-refractivity contribution in [1.82, 2.24) is 4.90 Å². The Morgan fingerprint density at radius 1 is 1.21 bits per heavy atom. The summed E-state index contributed by atoms with van der Waals surface area (Å²) in [4.78, 5) is 26.6. The van der Waals surface area contributed by atoms with E-state index >= 15 is 0 Å². The Morgan fingerprint density at radius 2 is 1.96 bits per heavy atom. The van der Waals surface area contributed by atoms with Gasteiger partial charge in [-0.05, 0) is 31.7 Å². The first-order chi connectivity index (χ1) is 11.6. The Morgan fingerprint density at radius 3 is 2.62 bits per heavy atom. The minimum absolute atomic E-state index is 0.0708. The second-order valence-corrected chi connectivity index (χ2v) is 6.60. The number of piperidine rings is 1. The lowest BCUT2D eigenvalue weighted by atomic mass is 9.91. The molecule has 1 amide bonds. The van der Waals surface area contributed by atoms with Gasteiger partial charge in [0.2, 0.25) is 0 Å². The summed E-state index contributed by atoms with van der Waals surface area (Å²) in [5.74, 6) is -0.374. The molecule has 1 aromatic carbocycles. The first-order valence-corrected chi connectivity index (χ1v) is 8.78. The lowest BCUT2D eigenvalue weighted by Crippen LogP contribution is -2.40. The molecular formula is C19H25NO4. The van der Waals surface area contributed by atoms with Gasteiger partial charge in [0.15, 0.2) is 0 Å². The summed E-state index contributed by atoms with van der Waals surface area (Å²) in [6.45, 7) is 5.18. The summed E-state index contributed by atoms with van der Waals surface area (Å²) in [6.07, 6.45) is 2.43. The number of hydrogen-bond acceptors (Lipinski definition) is 4. The molecule has 24 heavy (non-hydrogen) atoms. The number of esters is 1. The standard InChI is InChI=1S/C19H25NO4/c1-3-19-11-8-12-20(16(19)15(19)17(21)23-4-2)18(22)24-13-14-9-6-5-7-10-14/h5-7,9-10,15-16H,3-4,8,11-13H2,1-2H3. The third-order valence-corrected chi connectivity index (χ3v) is 5.43. The van der Waals surface area contributed by atoms with Crippen molar-refractivity contribution in [2.45, 2.75) is 45.8 Å². The van der Waals surface area contributed by atoms with Gasteiger partial charge in [-0.15, -0.1) is 0 Å². The number of fused-ring (bicyclic) bond motifs is 1. The molecular weight excluding hydrogens is 306 g/mol. The van der Waals surface area contributed by atoms with E-state index in [1.165, 1.54) is 0 Å². The summed E-state index contributed by atoms with van der Waals surface area (Å²) in [5.41, 5.74) is 0.846. The molecule has 130 valence electrons. The number of benzene rings is 1. The van der Waals surface area contributed by atoms with Crippen molar-refractivity contribution < 1.29 is 19.1 Å². The van der Waals surface area contributed by atoms with Crippen LogP contribution in [-0.4, -0.2) is 36.2 Å². The molecule has 0 radical (unpaired) electrons. The number of amides is 1. The van der Waals surface area contributed by atoms with E-state index in [2.05, 4.69) is 6.92 Å². The van der Waals surface area contributed by atoms with Gasteiger partial charge >= 0.3 is 12.1 Å². The first kappa shape index (κ1) is 16.8. The third kappa shape index (κ3) is 2.87. The van der Waals surface area contributed by atoms with Crippen molar-refractivity contribution in [3.63, 3.8) is 0 Å². The highest BCUT2D eigenvalue weighted by molar-refractivity contribution is 5.81. The molecule has 1 aromatic rings. The summed E-state index contributed by atoms with van der Waals surface area (Å²) in [7, 11) is 0. The molecule has 5 nitrogen and oxygen atoms in total. The van der Waals surface area contributed by atoms with E-state index in [9.17, 15) is 9.59 Å². The molecule has 3 rings (SSSR count). The SMILES string of the molecule is CCOC(=O)C1C2N(C(=O)OCc3ccccc3)CCCC12CC. The lowest BCUT2D eigenvalue weighted by Gasteiger charge is -2.30. The predicted octanol–water partition coefficient (Wildman–Crippen LogP) is 3.38. The first-order valence-electron chi connectivity index (χ1n) is 8.78. The van der Waals surface area contributed by atoms with Crippen molar-refractivity contribution in [2.24, 2.45) is 11.3 Å². The predicted molar refractivity (Wildman–Crippen MR) is 89.2 cm³/mol. The fourth-order valence-electron chi connectivity index (χ4n) is 4.19. The number of ether oxygens (including phenoxy) is 2. The third-order valence-electron chi connectivity index (χ3n) is 5.43. The average Bonchev–Trinajstić information content (AvgIpc) is 3.30. The van der Waals surface area contributed by atoms with Gasteiger partial charge in [0.05, 0.1) is 18.6 Å². The summed E-state index contributed by atoms with van der Waals surface area (Å²) < 4.78 is 10.7. The minimum atomic E-state index is -0.326. The van der Waals surface area contributed by atoms with Gasteiger partial charge in [-0.1, -0.05) is 37.3 Å². The highest BCUT2D eigenvalue weighted by atomic mass is 16.6. The number of hydrogen-bond donors (Lipinski definition) is 0. The van der Waals surface area contributed by atoms with Crippen LogP contribution >= 0.6 is 0 Å². The quantitative estimate of drug-likeness (QED) is 0.776. The zero-order chi connectivity index (χ0) is 17.2. The topological polar surface area (TPSA) is 55.8 Å². The van der Waals surface area contributed by atoms with Gasteiger partial charge in [0.25, 0.3) is 0 Å². The van der Waals surface area contributed by atoms with Crippen molar-refractivity contribution in [2.75, 3.05) is 13.2 Å². The number of carbonyl (C=O) groups excluding carboxylic acids is 2. The molecule has 1 saturated carbocycles. The van der Waals surface area contributed by atoms with E-state index in [0.717, 1.165) is 24.8 Å². The van der Waals surface area contributed by atoms with E-state index in [0.29, 0.717) is 13.2 Å². The maximum absolute atomic E-state index is 12.5. The van der Waals surface area contributed by atoms with E-state index in [-0.39, 0.29) is 36.0 Å². The monoisotopic (exact) mass is 331 g/mol. The summed E-state index contributed by atoms with van der Waals surface area (Å²) >= 11 is 0. The largest absolute Gasteiger partial charge is 0.466 e. The molecule has 5 heteroatoms. The van der Waals surface area contributed by atoms with E-state index < -0.39 is 0 Å². The highest BCUT2D eigenvalue weighted by Crippen LogP contribution is 2.63. The molecule has 0 spiro atoms. The van der Waals surface area contributed by atoms with Gasteiger partial charge in [-0.3, -0.25) is 4.79 Å². The van der Waals surface area contributed by atoms with E-state index in [1.807, 2.05) is 37.3 Å². The Hall–Kier alpha value is -2.04. The molecule has 0 N–H and O–H groups in total. The molecule has 1 aliphatic carbocycles. The van der Waals surface area contributed by atoms with Crippen LogP contribution in [0.25, 0.3) is 0 Å². The Kier molecular flexibility index (Phi) is 4.78. The molecule has 2 aliphatic rings. The van der Waals surface area contributed by atoms with E-state index in [1.54, 1.807) is 4.90 Å². The van der Waals surface area contributed by atoms with Crippen molar-refractivity contribution in [3.05, 3.63) is 35.9 Å². The van der Waals surface area contributed by atoms with Crippen molar-refractivity contribution >= 4 is 12.1 Å². The number of rotatable bonds is 5. The van der Waals surface area contributed by atoms with Gasteiger partial charge in [-0.25, -0.2) is 4.79 Å². The lowest BCUT2D eigenvalue weighted by molar-refractivity contribution is -0.145. The van der Waals surface area contributed by atoms with Crippen LogP contribution in [0, 0.1) is 11.3 Å². The number of nitrogens with zero attached hydrogens (tertiary/aromatic N) is 1. The van der Waals surface area contributed by atoms with Crippen molar-refractivity contribution in [3.8, 4) is 0 Å². The molecule has 3 atom stereocenters. The molecule has 2 fully saturated rings. The molecule has 1 saturated heterocycles. The average molecular weight is 331 g/mol. The molecule has 1 aliphatic heterocycles. The zero-order valence-corrected chi connectivity index (χ0v) is 14.4. The van der Waals surface area contributed by atoms with Crippen LogP contribution < -0.4 is 0 Å². The van der Waals surface area contributed by atoms with Crippen molar-refractivity contribution in [1.29, 1.82) is 0 Å². The van der Waals surface area contributed by atoms with Crippen LogP contribution in [0.5, 0.6) is 0 Å². The minimum Gasteiger partial charge on any atom is -0.466 e. The molecule has 0 aromatic heterocycles. The zero-order valence-electron chi connectivity index (χ0n) is 14.4. The van der Waals surface area contributed by atoms with Crippen LogP contribution in [0.3, 0.4) is 0 Å². The fraction of sp³-hybridized carbons (Fsp3) is 0.579. The van der Waals surface area contributed by atoms with Gasteiger partial charge in [0, 0.05) is 12.0 Å². The van der Waals surface area contributed by atoms with Crippen LogP contribution in [0.4, 0.5) is 4.79 Å². The van der Waals surface area contributed by atoms with Crippen LogP contribution in [0.2, 0.25) is 0 Å². The Bertz CT molecular complexity index is 603. The smallest absolute Gasteiger partial charge is 0.410 e. The maximum atomic E-state index is 12.5. The van der Waals surface area contributed by atoms with Gasteiger partial charge in [0.1, 0.15) is 6.61 Å². The Balaban J connectivity index is 1.67. The second-order valence-electron chi connectivity index (χ2n) is 6.60. The summed E-state index contributed by atoms with van der Waals surface area (Å²) in [5, 5.41) is 0. The molecule has 0 bridgehead atoms. The maximum Gasteiger partial charge on any atom is 0.410 e. The second kappa shape index (κ2) is 6.83. The number of carbonyl (C=O) groups is 2. The Labute approximate surface area is 142 Å². The van der Waals surface area contributed by atoms with Gasteiger partial charge in [-0.2, -0.15) is 0 Å². The number of likely N-dealkylation sites (tertiary alicyclic amines) is 1. The highest BCUT2D eigenvalue weighted by Gasteiger charge is 2.71. The molecule has 1 heterocycles.